The first-order chi connectivity index (χ1) is 5.06. The lowest BCUT2D eigenvalue weighted by Gasteiger charge is -2.14. The van der Waals surface area contributed by atoms with E-state index in [1.807, 2.05) is 0 Å². The van der Waals surface area contributed by atoms with Crippen LogP contribution in [-0.2, 0) is 9.59 Å². The second-order valence-electron chi connectivity index (χ2n) is 2.50. The summed E-state index contributed by atoms with van der Waals surface area (Å²) >= 11 is 0. The highest BCUT2D eigenvalue weighted by atomic mass is 16.6. The van der Waals surface area contributed by atoms with E-state index >= 15 is 0 Å². The van der Waals surface area contributed by atoms with Gasteiger partial charge in [0.15, 0.2) is 0 Å². The smallest absolute Gasteiger partial charge is 0.232 e. The van der Waals surface area contributed by atoms with Crippen LogP contribution in [0.25, 0.3) is 0 Å². The zero-order valence-electron chi connectivity index (χ0n) is 6.15. The van der Waals surface area contributed by atoms with Crippen LogP contribution >= 0.6 is 0 Å². The van der Waals surface area contributed by atoms with Gasteiger partial charge in [0.2, 0.25) is 5.54 Å². The summed E-state index contributed by atoms with van der Waals surface area (Å²) in [7, 11) is 0. The van der Waals surface area contributed by atoms with Crippen LogP contribution in [0.5, 0.6) is 0 Å². The zero-order chi connectivity index (χ0) is 8.91. The number of hydrogen-bond donors (Lipinski definition) is 0. The molecule has 0 unspecified atom stereocenters. The molecule has 0 atom stereocenters. The Morgan fingerprint density at radius 2 is 1.73 bits per heavy atom. The van der Waals surface area contributed by atoms with Crippen LogP contribution in [0, 0.1) is 10.1 Å². The SMILES string of the molecule is CC(CC=O)(CC=O)[N+](=O)[O-]. The van der Waals surface area contributed by atoms with E-state index in [1.165, 1.54) is 6.92 Å². The first kappa shape index (κ1) is 9.74. The van der Waals surface area contributed by atoms with Gasteiger partial charge >= 0.3 is 0 Å². The number of hydrogen-bond acceptors (Lipinski definition) is 4. The van der Waals surface area contributed by atoms with Crippen LogP contribution in [0.3, 0.4) is 0 Å². The number of nitro groups is 1. The summed E-state index contributed by atoms with van der Waals surface area (Å²) in [5.74, 6) is 0. The molecule has 0 aromatic carbocycles. The highest BCUT2D eigenvalue weighted by Gasteiger charge is 2.35. The Labute approximate surface area is 63.5 Å². The third-order valence-corrected chi connectivity index (χ3v) is 1.49. The van der Waals surface area contributed by atoms with Crippen molar-refractivity contribution >= 4 is 12.6 Å². The van der Waals surface area contributed by atoms with Crippen molar-refractivity contribution in [2.75, 3.05) is 0 Å². The van der Waals surface area contributed by atoms with Gasteiger partial charge in [-0.25, -0.2) is 0 Å². The van der Waals surface area contributed by atoms with Crippen molar-refractivity contribution < 1.29 is 14.5 Å². The lowest BCUT2D eigenvalue weighted by atomic mass is 9.96. The quantitative estimate of drug-likeness (QED) is 0.326. The average molecular weight is 159 g/mol. The maximum Gasteiger partial charge on any atom is 0.232 e. The summed E-state index contributed by atoms with van der Waals surface area (Å²) in [6, 6.07) is 0. The maximum absolute atomic E-state index is 10.3. The van der Waals surface area contributed by atoms with Gasteiger partial charge in [0.05, 0.1) is 12.8 Å². The molecule has 11 heavy (non-hydrogen) atoms. The fraction of sp³-hybridized carbons (Fsp3) is 0.667. The second-order valence-corrected chi connectivity index (χ2v) is 2.50. The Balaban J connectivity index is 4.35. The number of carbonyl (C=O) groups excluding carboxylic acids is 2. The first-order valence-corrected chi connectivity index (χ1v) is 3.08. The van der Waals surface area contributed by atoms with E-state index in [9.17, 15) is 19.7 Å². The maximum atomic E-state index is 10.3. The fourth-order valence-electron chi connectivity index (χ4n) is 0.591. The minimum absolute atomic E-state index is 0.223. The largest absolute Gasteiger partial charge is 0.303 e. The first-order valence-electron chi connectivity index (χ1n) is 3.08. The molecular weight excluding hydrogens is 150 g/mol. The lowest BCUT2D eigenvalue weighted by molar-refractivity contribution is -0.562. The average Bonchev–Trinajstić information content (AvgIpc) is 1.88. The summed E-state index contributed by atoms with van der Waals surface area (Å²) in [4.78, 5) is 29.6. The number of aldehydes is 2. The molecule has 0 rings (SSSR count). The second kappa shape index (κ2) is 3.80. The molecule has 0 aliphatic carbocycles. The summed E-state index contributed by atoms with van der Waals surface area (Å²) in [6.45, 7) is 1.27. The molecule has 0 spiro atoms. The van der Waals surface area contributed by atoms with Gasteiger partial charge in [0.1, 0.15) is 12.6 Å². The fourth-order valence-corrected chi connectivity index (χ4v) is 0.591. The Morgan fingerprint density at radius 3 is 1.91 bits per heavy atom. The lowest BCUT2D eigenvalue weighted by Crippen LogP contribution is -2.35. The highest BCUT2D eigenvalue weighted by molar-refractivity contribution is 5.56. The van der Waals surface area contributed by atoms with Crippen LogP contribution < -0.4 is 0 Å². The topological polar surface area (TPSA) is 77.3 Å². The van der Waals surface area contributed by atoms with Crippen molar-refractivity contribution in [2.24, 2.45) is 0 Å². The molecule has 0 radical (unpaired) electrons. The number of nitrogens with zero attached hydrogens (tertiary/aromatic N) is 1. The molecule has 0 aromatic heterocycles. The summed E-state index contributed by atoms with van der Waals surface area (Å²) < 4.78 is 0. The van der Waals surface area contributed by atoms with Crippen molar-refractivity contribution in [3.05, 3.63) is 10.1 Å². The van der Waals surface area contributed by atoms with Crippen molar-refractivity contribution in [1.29, 1.82) is 0 Å². The molecule has 0 amide bonds. The van der Waals surface area contributed by atoms with E-state index in [0.29, 0.717) is 12.6 Å². The minimum atomic E-state index is -1.41. The van der Waals surface area contributed by atoms with E-state index < -0.39 is 10.5 Å². The van der Waals surface area contributed by atoms with E-state index in [-0.39, 0.29) is 12.8 Å². The Bertz CT molecular complexity index is 167. The van der Waals surface area contributed by atoms with Gasteiger partial charge in [-0.3, -0.25) is 10.1 Å². The van der Waals surface area contributed by atoms with Gasteiger partial charge < -0.3 is 9.59 Å². The molecule has 5 nitrogen and oxygen atoms in total. The molecule has 0 fully saturated rings. The van der Waals surface area contributed by atoms with Crippen molar-refractivity contribution in [3.8, 4) is 0 Å². The summed E-state index contributed by atoms with van der Waals surface area (Å²) in [6.07, 6.45) is 0.454. The van der Waals surface area contributed by atoms with Crippen LogP contribution in [0.1, 0.15) is 19.8 Å². The summed E-state index contributed by atoms with van der Waals surface area (Å²) in [5.41, 5.74) is -1.41. The Hall–Kier alpha value is -1.26. The monoisotopic (exact) mass is 159 g/mol. The Morgan fingerprint density at radius 1 is 1.36 bits per heavy atom. The van der Waals surface area contributed by atoms with Crippen LogP contribution in [-0.4, -0.2) is 23.0 Å². The normalized spacial score (nSPS) is 10.6. The molecule has 0 bridgehead atoms. The van der Waals surface area contributed by atoms with Crippen LogP contribution in [0.15, 0.2) is 0 Å². The van der Waals surface area contributed by atoms with Crippen LogP contribution in [0.2, 0.25) is 0 Å². The van der Waals surface area contributed by atoms with Gasteiger partial charge in [-0.1, -0.05) is 0 Å². The predicted molar refractivity (Wildman–Crippen MR) is 36.8 cm³/mol. The Kier molecular flexibility index (Phi) is 3.36. The van der Waals surface area contributed by atoms with Crippen molar-refractivity contribution in [3.63, 3.8) is 0 Å². The van der Waals surface area contributed by atoms with Gasteiger partial charge in [-0.05, 0) is 0 Å². The van der Waals surface area contributed by atoms with E-state index in [0.717, 1.165) is 0 Å². The van der Waals surface area contributed by atoms with Gasteiger partial charge in [-0.15, -0.1) is 0 Å². The molecule has 0 aliphatic heterocycles. The third-order valence-electron chi connectivity index (χ3n) is 1.49. The highest BCUT2D eigenvalue weighted by Crippen LogP contribution is 2.15. The molecule has 0 aliphatic rings. The molecule has 62 valence electrons. The number of rotatable bonds is 5. The van der Waals surface area contributed by atoms with Gasteiger partial charge in [0.25, 0.3) is 0 Å². The summed E-state index contributed by atoms with van der Waals surface area (Å²) in [5, 5.41) is 10.3. The third kappa shape index (κ3) is 2.45. The molecule has 5 heteroatoms. The molecule has 0 saturated heterocycles. The number of carbonyl (C=O) groups is 2. The minimum Gasteiger partial charge on any atom is -0.303 e. The molecule has 0 saturated carbocycles. The predicted octanol–water partition coefficient (Wildman–Crippen LogP) is 0.200. The van der Waals surface area contributed by atoms with E-state index in [2.05, 4.69) is 0 Å². The molecule has 0 N–H and O–H groups in total. The molecular formula is C6H9NO4. The van der Waals surface area contributed by atoms with Crippen molar-refractivity contribution in [1.82, 2.24) is 0 Å². The van der Waals surface area contributed by atoms with Gasteiger partial charge in [0, 0.05) is 11.8 Å². The van der Waals surface area contributed by atoms with Crippen molar-refractivity contribution in [2.45, 2.75) is 25.3 Å². The van der Waals surface area contributed by atoms with Crippen LogP contribution in [0.4, 0.5) is 0 Å². The molecule has 0 heterocycles. The standard InChI is InChI=1S/C6H9NO4/c1-6(2-4-8,3-5-9)7(10)11/h4-5H,2-3H2,1H3. The zero-order valence-corrected chi connectivity index (χ0v) is 6.15. The van der Waals surface area contributed by atoms with E-state index in [4.69, 9.17) is 0 Å². The molecule has 0 aromatic rings. The van der Waals surface area contributed by atoms with Gasteiger partial charge in [-0.2, -0.15) is 0 Å². The van der Waals surface area contributed by atoms with E-state index in [1.54, 1.807) is 0 Å².